The van der Waals surface area contributed by atoms with Gasteiger partial charge in [0, 0.05) is 25.8 Å². The third-order valence-corrected chi connectivity index (χ3v) is 5.13. The number of fused-ring (bicyclic) bond motifs is 1. The Labute approximate surface area is 163 Å². The Morgan fingerprint density at radius 1 is 1.34 bits per heavy atom. The maximum absolute atomic E-state index is 13.3. The highest BCUT2D eigenvalue weighted by atomic mass is 19.4. The molecule has 3 rings (SSSR count). The summed E-state index contributed by atoms with van der Waals surface area (Å²) < 4.78 is 64.6. The number of halogens is 5. The Kier molecular flexibility index (Phi) is 6.06. The standard InChI is InChI=1S/C18H22F5N5O/c19-17(20)4-1-12(2-5-17)16(24)13-10-28-14(27-13)7-11(9-26-28)8-25-15(29)3-6-18(21,22)23/h7,9-10,12,16H,1-6,8,24H2,(H,25,29)/t16-/m0/s1. The van der Waals surface area contributed by atoms with Crippen molar-refractivity contribution in [3.8, 4) is 0 Å². The van der Waals surface area contributed by atoms with Gasteiger partial charge < -0.3 is 11.1 Å². The van der Waals surface area contributed by atoms with Crippen molar-refractivity contribution < 1.29 is 26.7 Å². The first-order valence-electron chi connectivity index (χ1n) is 9.33. The molecule has 1 aliphatic carbocycles. The summed E-state index contributed by atoms with van der Waals surface area (Å²) in [5.41, 5.74) is 7.80. The van der Waals surface area contributed by atoms with E-state index in [0.717, 1.165) is 0 Å². The molecule has 1 aliphatic rings. The summed E-state index contributed by atoms with van der Waals surface area (Å²) in [7, 11) is 0. The van der Waals surface area contributed by atoms with Crippen LogP contribution < -0.4 is 11.1 Å². The minimum Gasteiger partial charge on any atom is -0.352 e. The number of nitrogens with two attached hydrogens (primary N) is 1. The van der Waals surface area contributed by atoms with Crippen molar-refractivity contribution in [2.45, 2.75) is 63.2 Å². The number of alkyl halides is 5. The van der Waals surface area contributed by atoms with Crippen LogP contribution >= 0.6 is 0 Å². The van der Waals surface area contributed by atoms with E-state index in [1.165, 1.54) is 10.7 Å². The number of nitrogens with zero attached hydrogens (tertiary/aromatic N) is 3. The minimum absolute atomic E-state index is 0.0200. The number of hydrogen-bond donors (Lipinski definition) is 2. The van der Waals surface area contributed by atoms with Gasteiger partial charge in [-0.05, 0) is 30.4 Å². The van der Waals surface area contributed by atoms with Crippen LogP contribution in [0.4, 0.5) is 22.0 Å². The molecule has 0 unspecified atom stereocenters. The van der Waals surface area contributed by atoms with Crippen LogP contribution in [0.25, 0.3) is 5.65 Å². The number of rotatable bonds is 6. The molecule has 2 aromatic heterocycles. The van der Waals surface area contributed by atoms with Crippen LogP contribution in [0.5, 0.6) is 0 Å². The predicted molar refractivity (Wildman–Crippen MR) is 94.0 cm³/mol. The lowest BCUT2D eigenvalue weighted by Crippen LogP contribution is -2.31. The summed E-state index contributed by atoms with van der Waals surface area (Å²) >= 11 is 0. The van der Waals surface area contributed by atoms with E-state index in [9.17, 15) is 26.7 Å². The fourth-order valence-electron chi connectivity index (χ4n) is 3.40. The number of aromatic nitrogens is 3. The number of nitrogens with one attached hydrogen (secondary N) is 1. The van der Waals surface area contributed by atoms with Gasteiger partial charge in [0.15, 0.2) is 5.65 Å². The second-order valence-corrected chi connectivity index (χ2v) is 7.44. The van der Waals surface area contributed by atoms with Crippen molar-refractivity contribution in [2.75, 3.05) is 0 Å². The topological polar surface area (TPSA) is 85.3 Å². The molecule has 3 N–H and O–H groups in total. The second-order valence-electron chi connectivity index (χ2n) is 7.44. The van der Waals surface area contributed by atoms with E-state index < -0.39 is 36.9 Å². The van der Waals surface area contributed by atoms with E-state index >= 15 is 0 Å². The molecule has 0 aromatic carbocycles. The molecule has 6 nitrogen and oxygen atoms in total. The Morgan fingerprint density at radius 2 is 2.03 bits per heavy atom. The van der Waals surface area contributed by atoms with Crippen LogP contribution in [-0.4, -0.2) is 32.6 Å². The third-order valence-electron chi connectivity index (χ3n) is 5.13. The molecule has 1 atom stereocenters. The van der Waals surface area contributed by atoms with Gasteiger partial charge in [0.25, 0.3) is 0 Å². The summed E-state index contributed by atoms with van der Waals surface area (Å²) in [4.78, 5) is 15.9. The number of hydrogen-bond acceptors (Lipinski definition) is 4. The Bertz CT molecular complexity index is 856. The maximum Gasteiger partial charge on any atom is 0.389 e. The van der Waals surface area contributed by atoms with Gasteiger partial charge >= 0.3 is 6.18 Å². The van der Waals surface area contributed by atoms with Crippen LogP contribution in [0, 0.1) is 5.92 Å². The van der Waals surface area contributed by atoms with Crippen molar-refractivity contribution in [1.29, 1.82) is 0 Å². The fraction of sp³-hybridized carbons (Fsp3) is 0.611. The summed E-state index contributed by atoms with van der Waals surface area (Å²) in [5.74, 6) is -3.43. The quantitative estimate of drug-likeness (QED) is 0.702. The first-order chi connectivity index (χ1) is 13.5. The molecule has 1 fully saturated rings. The predicted octanol–water partition coefficient (Wildman–Crippen LogP) is 3.51. The summed E-state index contributed by atoms with van der Waals surface area (Å²) in [6, 6.07) is 1.15. The molecule has 160 valence electrons. The SMILES string of the molecule is N[C@H](c1cn2ncc(CNC(=O)CCC(F)(F)F)cc2n1)C1CCC(F)(F)CC1. The molecular weight excluding hydrogens is 397 g/mol. The lowest BCUT2D eigenvalue weighted by Gasteiger charge is -2.31. The van der Waals surface area contributed by atoms with Crippen molar-refractivity contribution in [1.82, 2.24) is 19.9 Å². The number of amides is 1. The van der Waals surface area contributed by atoms with E-state index in [1.54, 1.807) is 12.3 Å². The molecule has 0 aliphatic heterocycles. The normalized spacial score (nSPS) is 18.7. The van der Waals surface area contributed by atoms with Gasteiger partial charge in [-0.15, -0.1) is 0 Å². The van der Waals surface area contributed by atoms with Gasteiger partial charge in [-0.3, -0.25) is 4.79 Å². The summed E-state index contributed by atoms with van der Waals surface area (Å²) in [6.07, 6.45) is -2.81. The maximum atomic E-state index is 13.3. The van der Waals surface area contributed by atoms with Crippen molar-refractivity contribution in [2.24, 2.45) is 11.7 Å². The molecule has 0 spiro atoms. The molecule has 29 heavy (non-hydrogen) atoms. The monoisotopic (exact) mass is 419 g/mol. The van der Waals surface area contributed by atoms with E-state index in [-0.39, 0.29) is 25.3 Å². The van der Waals surface area contributed by atoms with E-state index in [2.05, 4.69) is 15.4 Å². The van der Waals surface area contributed by atoms with E-state index in [1.807, 2.05) is 0 Å². The van der Waals surface area contributed by atoms with Gasteiger partial charge in [0.05, 0.1) is 30.6 Å². The van der Waals surface area contributed by atoms with Crippen LogP contribution in [-0.2, 0) is 11.3 Å². The first-order valence-corrected chi connectivity index (χ1v) is 9.33. The number of carbonyl (C=O) groups is 1. The summed E-state index contributed by atoms with van der Waals surface area (Å²) in [6.45, 7) is 0.0200. The highest BCUT2D eigenvalue weighted by Gasteiger charge is 2.37. The average molecular weight is 419 g/mol. The van der Waals surface area contributed by atoms with E-state index in [4.69, 9.17) is 5.73 Å². The Morgan fingerprint density at radius 3 is 2.69 bits per heavy atom. The van der Waals surface area contributed by atoms with Gasteiger partial charge in [0.2, 0.25) is 11.8 Å². The van der Waals surface area contributed by atoms with Gasteiger partial charge in [-0.1, -0.05) is 0 Å². The second kappa shape index (κ2) is 8.21. The molecule has 1 amide bonds. The molecule has 2 aromatic rings. The van der Waals surface area contributed by atoms with E-state index in [0.29, 0.717) is 29.7 Å². The Hall–Kier alpha value is -2.30. The largest absolute Gasteiger partial charge is 0.389 e. The van der Waals surface area contributed by atoms with Crippen LogP contribution in [0.15, 0.2) is 18.5 Å². The van der Waals surface area contributed by atoms with Gasteiger partial charge in [-0.25, -0.2) is 18.3 Å². The zero-order valence-electron chi connectivity index (χ0n) is 15.6. The highest BCUT2D eigenvalue weighted by Crippen LogP contribution is 2.40. The van der Waals surface area contributed by atoms with Crippen LogP contribution in [0.2, 0.25) is 0 Å². The van der Waals surface area contributed by atoms with Crippen LogP contribution in [0.3, 0.4) is 0 Å². The lowest BCUT2D eigenvalue weighted by atomic mass is 9.81. The highest BCUT2D eigenvalue weighted by molar-refractivity contribution is 5.75. The minimum atomic E-state index is -4.38. The Balaban J connectivity index is 1.60. The molecule has 1 saturated carbocycles. The molecule has 11 heteroatoms. The lowest BCUT2D eigenvalue weighted by molar-refractivity contribution is -0.144. The third kappa shape index (κ3) is 5.84. The zero-order valence-corrected chi connectivity index (χ0v) is 15.6. The molecule has 0 bridgehead atoms. The number of carbonyl (C=O) groups excluding carboxylic acids is 1. The smallest absolute Gasteiger partial charge is 0.352 e. The van der Waals surface area contributed by atoms with Crippen molar-refractivity contribution >= 4 is 11.6 Å². The molecule has 2 heterocycles. The molecule has 0 radical (unpaired) electrons. The molecular formula is C18H22F5N5O. The van der Waals surface area contributed by atoms with Crippen molar-refractivity contribution in [3.63, 3.8) is 0 Å². The average Bonchev–Trinajstić information content (AvgIpc) is 3.07. The summed E-state index contributed by atoms with van der Waals surface area (Å²) in [5, 5.41) is 6.58. The van der Waals surface area contributed by atoms with Crippen LogP contribution in [0.1, 0.15) is 55.8 Å². The van der Waals surface area contributed by atoms with Crippen molar-refractivity contribution in [3.05, 3.63) is 29.7 Å². The van der Waals surface area contributed by atoms with Gasteiger partial charge in [0.1, 0.15) is 0 Å². The van der Waals surface area contributed by atoms with Gasteiger partial charge in [-0.2, -0.15) is 18.3 Å². The fourth-order valence-corrected chi connectivity index (χ4v) is 3.40. The zero-order chi connectivity index (χ0) is 21.2. The number of imidazole rings is 1. The molecule has 0 saturated heterocycles. The first kappa shape index (κ1) is 21.4.